The Hall–Kier alpha value is -2.72. The Balaban J connectivity index is 1.34. The van der Waals surface area contributed by atoms with Gasteiger partial charge in [-0.05, 0) is 49.1 Å². The third-order valence-electron chi connectivity index (χ3n) is 5.40. The lowest BCUT2D eigenvalue weighted by atomic mass is 10.2. The molecule has 2 aliphatic rings. The minimum Gasteiger partial charge on any atom is -0.408 e. The summed E-state index contributed by atoms with van der Waals surface area (Å²) in [7, 11) is -3.65. The number of hydrogen-bond donors (Lipinski definition) is 1. The number of hydrogen-bond acceptors (Lipinski definition) is 7. The van der Waals surface area contributed by atoms with E-state index in [-0.39, 0.29) is 4.90 Å². The lowest BCUT2D eigenvalue weighted by Crippen LogP contribution is -2.49. The van der Waals surface area contributed by atoms with Crippen LogP contribution in [0.25, 0.3) is 11.1 Å². The molecule has 1 aliphatic carbocycles. The molecule has 5 rings (SSSR count). The summed E-state index contributed by atoms with van der Waals surface area (Å²) in [6.45, 7) is 1.83. The number of nitrogens with one attached hydrogen (secondary N) is 1. The first-order valence-electron chi connectivity index (χ1n) is 9.24. The minimum atomic E-state index is -3.65. The number of nitrogens with zero attached hydrogens (tertiary/aromatic N) is 4. The molecule has 146 valence electrons. The molecule has 2 aromatic heterocycles. The van der Waals surface area contributed by atoms with E-state index in [2.05, 4.69) is 26.1 Å². The number of aromatic nitrogens is 3. The van der Waals surface area contributed by atoms with Crippen LogP contribution in [0.4, 0.5) is 5.82 Å². The van der Waals surface area contributed by atoms with Gasteiger partial charge >= 0.3 is 5.76 Å². The maximum Gasteiger partial charge on any atom is 0.417 e. The van der Waals surface area contributed by atoms with Crippen LogP contribution in [0, 0.1) is 0 Å². The van der Waals surface area contributed by atoms with Crippen LogP contribution < -0.4 is 10.7 Å². The zero-order chi connectivity index (χ0) is 19.3. The fraction of sp³-hybridized carbons (Fsp3) is 0.389. The summed E-state index contributed by atoms with van der Waals surface area (Å²) in [6, 6.07) is 6.49. The highest BCUT2D eigenvalue weighted by Gasteiger charge is 2.30. The first-order chi connectivity index (χ1) is 13.5. The lowest BCUT2D eigenvalue weighted by Gasteiger charge is -2.34. The molecule has 0 radical (unpaired) electrons. The van der Waals surface area contributed by atoms with E-state index < -0.39 is 15.8 Å². The number of sulfonamides is 1. The number of oxazole rings is 1. The van der Waals surface area contributed by atoms with Crippen molar-refractivity contribution >= 4 is 26.9 Å². The van der Waals surface area contributed by atoms with E-state index in [0.717, 1.165) is 30.8 Å². The van der Waals surface area contributed by atoms with Crippen molar-refractivity contribution < 1.29 is 12.8 Å². The number of piperazine rings is 1. The van der Waals surface area contributed by atoms with E-state index in [1.165, 1.54) is 28.1 Å². The van der Waals surface area contributed by atoms with Crippen molar-refractivity contribution in [3.8, 4) is 0 Å². The van der Waals surface area contributed by atoms with E-state index in [9.17, 15) is 13.2 Å². The molecule has 3 aromatic rings. The van der Waals surface area contributed by atoms with Crippen molar-refractivity contribution in [1.29, 1.82) is 0 Å². The number of benzene rings is 1. The molecule has 0 atom stereocenters. The number of H-pyrrole nitrogens is 1. The quantitative estimate of drug-likeness (QED) is 0.694. The molecular weight excluding hydrogens is 382 g/mol. The summed E-state index contributed by atoms with van der Waals surface area (Å²) < 4.78 is 32.4. The Labute approximate surface area is 161 Å². The van der Waals surface area contributed by atoms with Gasteiger partial charge in [-0.2, -0.15) is 9.40 Å². The molecule has 0 bridgehead atoms. The largest absolute Gasteiger partial charge is 0.417 e. The fourth-order valence-corrected chi connectivity index (χ4v) is 5.32. The van der Waals surface area contributed by atoms with Crippen molar-refractivity contribution in [2.45, 2.75) is 24.2 Å². The third-order valence-corrected chi connectivity index (χ3v) is 7.29. The summed E-state index contributed by atoms with van der Waals surface area (Å²) >= 11 is 0. The molecule has 1 N–H and O–H groups in total. The van der Waals surface area contributed by atoms with Crippen molar-refractivity contribution in [1.82, 2.24) is 19.5 Å². The van der Waals surface area contributed by atoms with Crippen LogP contribution in [0.2, 0.25) is 0 Å². The monoisotopic (exact) mass is 401 g/mol. The molecular formula is C18H19N5O4S. The van der Waals surface area contributed by atoms with E-state index in [4.69, 9.17) is 4.42 Å². The second-order valence-electron chi connectivity index (χ2n) is 7.09. The summed E-state index contributed by atoms with van der Waals surface area (Å²) in [4.78, 5) is 16.0. The van der Waals surface area contributed by atoms with Crippen molar-refractivity contribution in [2.24, 2.45) is 0 Å². The van der Waals surface area contributed by atoms with Crippen LogP contribution in [0.1, 0.15) is 17.7 Å². The number of anilines is 1. The van der Waals surface area contributed by atoms with Gasteiger partial charge in [-0.25, -0.2) is 13.2 Å². The highest BCUT2D eigenvalue weighted by molar-refractivity contribution is 7.89. The van der Waals surface area contributed by atoms with Gasteiger partial charge < -0.3 is 9.32 Å². The van der Waals surface area contributed by atoms with Crippen LogP contribution in [0.5, 0.6) is 0 Å². The maximum atomic E-state index is 13.0. The zero-order valence-corrected chi connectivity index (χ0v) is 15.9. The standard InChI is InChI=1S/C18H19N5O4S/c24-18-19-15-11-13(4-5-16(15)27-18)28(25,26)23-8-6-22(7-9-23)17-10-12-2-1-3-14(12)20-21-17/h4-5,10-11H,1-3,6-9H2,(H,19,24). The summed E-state index contributed by atoms with van der Waals surface area (Å²) in [5.74, 6) is 0.212. The molecule has 3 heterocycles. The van der Waals surface area contributed by atoms with Gasteiger partial charge in [0.15, 0.2) is 11.4 Å². The highest BCUT2D eigenvalue weighted by atomic mass is 32.2. The number of fused-ring (bicyclic) bond motifs is 2. The molecule has 1 saturated heterocycles. The highest BCUT2D eigenvalue weighted by Crippen LogP contribution is 2.25. The van der Waals surface area contributed by atoms with Gasteiger partial charge in [0.1, 0.15) is 0 Å². The summed E-state index contributed by atoms with van der Waals surface area (Å²) in [5, 5.41) is 8.64. The van der Waals surface area contributed by atoms with E-state index in [1.807, 2.05) is 0 Å². The lowest BCUT2D eigenvalue weighted by molar-refractivity contribution is 0.383. The number of aryl methyl sites for hydroxylation is 2. The predicted molar refractivity (Wildman–Crippen MR) is 102 cm³/mol. The van der Waals surface area contributed by atoms with Crippen LogP contribution in [0.3, 0.4) is 0 Å². The van der Waals surface area contributed by atoms with Crippen molar-refractivity contribution in [3.05, 3.63) is 46.1 Å². The molecule has 1 fully saturated rings. The van der Waals surface area contributed by atoms with Crippen LogP contribution in [0.15, 0.2) is 38.4 Å². The average molecular weight is 401 g/mol. The zero-order valence-electron chi connectivity index (χ0n) is 15.1. The van der Waals surface area contributed by atoms with E-state index in [0.29, 0.717) is 37.3 Å². The predicted octanol–water partition coefficient (Wildman–Crippen LogP) is 0.911. The summed E-state index contributed by atoms with van der Waals surface area (Å²) in [5.41, 5.74) is 3.04. The molecule has 0 amide bonds. The maximum absolute atomic E-state index is 13.0. The molecule has 0 saturated carbocycles. The smallest absolute Gasteiger partial charge is 0.408 e. The Kier molecular flexibility index (Phi) is 3.98. The first-order valence-corrected chi connectivity index (χ1v) is 10.7. The topological polar surface area (TPSA) is 112 Å². The Morgan fingerprint density at radius 2 is 1.86 bits per heavy atom. The van der Waals surface area contributed by atoms with Gasteiger partial charge in [-0.3, -0.25) is 4.98 Å². The summed E-state index contributed by atoms with van der Waals surface area (Å²) in [6.07, 6.45) is 3.14. The molecule has 28 heavy (non-hydrogen) atoms. The van der Waals surface area contributed by atoms with Gasteiger partial charge in [-0.15, -0.1) is 5.10 Å². The van der Waals surface area contributed by atoms with Gasteiger partial charge in [-0.1, -0.05) is 0 Å². The second-order valence-corrected chi connectivity index (χ2v) is 9.03. The average Bonchev–Trinajstić information content (AvgIpc) is 3.31. The van der Waals surface area contributed by atoms with Gasteiger partial charge in [0.25, 0.3) is 0 Å². The SMILES string of the molecule is O=c1[nH]c2cc(S(=O)(=O)N3CCN(c4cc5c(nn4)CCC5)CC3)ccc2o1. The van der Waals surface area contributed by atoms with Gasteiger partial charge in [0, 0.05) is 26.2 Å². The molecule has 9 nitrogen and oxygen atoms in total. The minimum absolute atomic E-state index is 0.142. The third kappa shape index (κ3) is 2.89. The van der Waals surface area contributed by atoms with Crippen molar-refractivity contribution in [2.75, 3.05) is 31.1 Å². The fourth-order valence-electron chi connectivity index (χ4n) is 3.87. The van der Waals surface area contributed by atoms with Crippen LogP contribution in [-0.4, -0.2) is 54.1 Å². The van der Waals surface area contributed by atoms with Crippen molar-refractivity contribution in [3.63, 3.8) is 0 Å². The molecule has 1 aliphatic heterocycles. The van der Waals surface area contributed by atoms with E-state index in [1.54, 1.807) is 0 Å². The van der Waals surface area contributed by atoms with Crippen LogP contribution in [-0.2, 0) is 22.9 Å². The van der Waals surface area contributed by atoms with Gasteiger partial charge in [0.05, 0.1) is 16.1 Å². The first kappa shape index (κ1) is 17.4. The molecule has 1 aromatic carbocycles. The Bertz CT molecular complexity index is 1210. The molecule has 10 heteroatoms. The second kappa shape index (κ2) is 6.42. The molecule has 0 unspecified atom stereocenters. The molecule has 0 spiro atoms. The van der Waals surface area contributed by atoms with E-state index >= 15 is 0 Å². The normalized spacial score (nSPS) is 17.9. The Morgan fingerprint density at radius 3 is 2.68 bits per heavy atom. The van der Waals surface area contributed by atoms with Crippen LogP contribution >= 0.6 is 0 Å². The van der Waals surface area contributed by atoms with Gasteiger partial charge in [0.2, 0.25) is 10.0 Å². The number of aromatic amines is 1. The number of rotatable bonds is 3. The Morgan fingerprint density at radius 1 is 1.04 bits per heavy atom.